The lowest BCUT2D eigenvalue weighted by molar-refractivity contribution is -0.142. The number of likely N-dealkylation sites (tertiary alicyclic amines) is 1. The largest absolute Gasteiger partial charge is 0.330 e. The molecule has 0 bridgehead atoms. The molecule has 7 heteroatoms. The van der Waals surface area contributed by atoms with Crippen LogP contribution in [0.15, 0.2) is 24.3 Å². The van der Waals surface area contributed by atoms with E-state index in [1.54, 1.807) is 4.90 Å². The molecule has 1 aliphatic rings. The summed E-state index contributed by atoms with van der Waals surface area (Å²) < 4.78 is 0. The number of nitrogens with one attached hydrogen (secondary N) is 1. The second-order valence-electron chi connectivity index (χ2n) is 6.89. The lowest BCUT2D eigenvalue weighted by Crippen LogP contribution is -2.51. The van der Waals surface area contributed by atoms with Gasteiger partial charge in [0.05, 0.1) is 0 Å². The first-order valence-corrected chi connectivity index (χ1v) is 9.79. The van der Waals surface area contributed by atoms with Crippen LogP contribution in [0.3, 0.4) is 0 Å². The minimum atomic E-state index is -0.397. The topological polar surface area (TPSA) is 75.2 Å². The first-order valence-electron chi connectivity index (χ1n) is 8.97. The van der Waals surface area contributed by atoms with Gasteiger partial charge in [-0.2, -0.15) is 0 Å². The van der Waals surface area contributed by atoms with Gasteiger partial charge in [-0.1, -0.05) is 37.3 Å². The molecule has 138 valence electrons. The summed E-state index contributed by atoms with van der Waals surface area (Å²) in [6.07, 6.45) is 2.62. The summed E-state index contributed by atoms with van der Waals surface area (Å²) in [4.78, 5) is 27.0. The molecule has 0 spiro atoms. The predicted molar refractivity (Wildman–Crippen MR) is 103 cm³/mol. The molecule has 2 aromatic rings. The summed E-state index contributed by atoms with van der Waals surface area (Å²) in [7, 11) is 0. The number of aryl methyl sites for hydroxylation is 1. The molecule has 2 heterocycles. The Labute approximate surface area is 157 Å². The van der Waals surface area contributed by atoms with Gasteiger partial charge in [0.25, 0.3) is 0 Å². The average molecular weight is 372 g/mol. The normalized spacial score (nSPS) is 17.4. The number of nitrogens with zero attached hydrogens (tertiary/aromatic N) is 3. The van der Waals surface area contributed by atoms with E-state index in [1.165, 1.54) is 11.3 Å². The van der Waals surface area contributed by atoms with Crippen LogP contribution in [-0.2, 0) is 9.59 Å². The molecule has 2 amide bonds. The number of rotatable bonds is 4. The van der Waals surface area contributed by atoms with Crippen molar-refractivity contribution in [2.24, 2.45) is 5.92 Å². The Hall–Kier alpha value is -2.28. The van der Waals surface area contributed by atoms with Crippen LogP contribution in [0.1, 0.15) is 38.1 Å². The summed E-state index contributed by atoms with van der Waals surface area (Å²) in [5.41, 5.74) is 1.63. The number of hydrogen-bond acceptors (Lipinski definition) is 5. The molecule has 26 heavy (non-hydrogen) atoms. The average Bonchev–Trinajstić information content (AvgIpc) is 3.07. The molecule has 0 unspecified atom stereocenters. The van der Waals surface area contributed by atoms with Gasteiger partial charge in [0, 0.05) is 23.7 Å². The first-order chi connectivity index (χ1) is 12.5. The molecule has 1 saturated heterocycles. The Balaban J connectivity index is 1.75. The second kappa shape index (κ2) is 7.95. The molecular weight excluding hydrogens is 348 g/mol. The highest BCUT2D eigenvalue weighted by atomic mass is 32.1. The second-order valence-corrected chi connectivity index (χ2v) is 8.08. The summed E-state index contributed by atoms with van der Waals surface area (Å²) >= 11 is 1.52. The summed E-state index contributed by atoms with van der Waals surface area (Å²) in [6, 6.07) is 7.19. The van der Waals surface area contributed by atoms with Gasteiger partial charge < -0.3 is 10.2 Å². The van der Waals surface area contributed by atoms with Crippen molar-refractivity contribution in [2.75, 3.05) is 11.9 Å². The number of benzene rings is 1. The van der Waals surface area contributed by atoms with Gasteiger partial charge in [-0.15, -0.1) is 10.2 Å². The van der Waals surface area contributed by atoms with E-state index in [0.717, 1.165) is 28.4 Å². The standard InChI is InChI=1S/C19H24N4O2S/c1-12(2)19(25)23-10-5-4-9-16(23)17(24)20-15-8-6-7-14(11-15)18-22-21-13(3)26-18/h6-8,11-12,16H,4-5,9-10H2,1-3H3,(H,20,24)/t16-/m1/s1. The fraction of sp³-hybridized carbons (Fsp3) is 0.474. The first kappa shape index (κ1) is 18.5. The molecule has 1 aromatic carbocycles. The minimum absolute atomic E-state index is 0.0444. The highest BCUT2D eigenvalue weighted by molar-refractivity contribution is 7.14. The van der Waals surface area contributed by atoms with Crippen molar-refractivity contribution < 1.29 is 9.59 Å². The summed E-state index contributed by atoms with van der Waals surface area (Å²) in [5, 5.41) is 12.9. The molecule has 1 aromatic heterocycles. The molecular formula is C19H24N4O2S. The van der Waals surface area contributed by atoms with Gasteiger partial charge in [0.15, 0.2) is 0 Å². The number of anilines is 1. The van der Waals surface area contributed by atoms with E-state index >= 15 is 0 Å². The van der Waals surface area contributed by atoms with E-state index in [0.29, 0.717) is 18.7 Å². The molecule has 0 saturated carbocycles. The van der Waals surface area contributed by atoms with Gasteiger partial charge in [-0.3, -0.25) is 9.59 Å². The van der Waals surface area contributed by atoms with Crippen LogP contribution in [0.4, 0.5) is 5.69 Å². The summed E-state index contributed by atoms with van der Waals surface area (Å²) in [6.45, 7) is 6.31. The molecule has 1 N–H and O–H groups in total. The lowest BCUT2D eigenvalue weighted by Gasteiger charge is -2.35. The van der Waals surface area contributed by atoms with Crippen LogP contribution in [0.5, 0.6) is 0 Å². The summed E-state index contributed by atoms with van der Waals surface area (Å²) in [5.74, 6) is -0.181. The van der Waals surface area contributed by atoms with Crippen molar-refractivity contribution >= 4 is 28.8 Å². The maximum Gasteiger partial charge on any atom is 0.247 e. The van der Waals surface area contributed by atoms with Crippen LogP contribution < -0.4 is 5.32 Å². The molecule has 0 aliphatic carbocycles. The fourth-order valence-corrected chi connectivity index (χ4v) is 3.86. The van der Waals surface area contributed by atoms with E-state index < -0.39 is 6.04 Å². The van der Waals surface area contributed by atoms with E-state index in [1.807, 2.05) is 45.0 Å². The third-order valence-electron chi connectivity index (χ3n) is 4.49. The van der Waals surface area contributed by atoms with Gasteiger partial charge >= 0.3 is 0 Å². The Bertz CT molecular complexity index is 802. The number of hydrogen-bond donors (Lipinski definition) is 1. The molecule has 0 radical (unpaired) electrons. The van der Waals surface area contributed by atoms with Gasteiger partial charge in [-0.05, 0) is 38.3 Å². The molecule has 1 fully saturated rings. The third kappa shape index (κ3) is 4.09. The van der Waals surface area contributed by atoms with Crippen molar-refractivity contribution in [2.45, 2.75) is 46.1 Å². The van der Waals surface area contributed by atoms with Gasteiger partial charge in [0.2, 0.25) is 11.8 Å². The molecule has 1 aliphatic heterocycles. The predicted octanol–water partition coefficient (Wildman–Crippen LogP) is 3.49. The van der Waals surface area contributed by atoms with Crippen LogP contribution in [0.2, 0.25) is 0 Å². The quantitative estimate of drug-likeness (QED) is 0.891. The van der Waals surface area contributed by atoms with E-state index in [9.17, 15) is 9.59 Å². The minimum Gasteiger partial charge on any atom is -0.330 e. The number of aromatic nitrogens is 2. The smallest absolute Gasteiger partial charge is 0.247 e. The Morgan fingerprint density at radius 2 is 2.08 bits per heavy atom. The third-order valence-corrected chi connectivity index (χ3v) is 5.37. The Morgan fingerprint density at radius 1 is 1.27 bits per heavy atom. The SMILES string of the molecule is Cc1nnc(-c2cccc(NC(=O)[C@H]3CCCCN3C(=O)C(C)C)c2)s1. The molecule has 3 rings (SSSR count). The Morgan fingerprint density at radius 3 is 2.77 bits per heavy atom. The van der Waals surface area contributed by atoms with Crippen LogP contribution in [0, 0.1) is 12.8 Å². The van der Waals surface area contributed by atoms with Crippen molar-refractivity contribution in [1.29, 1.82) is 0 Å². The maximum atomic E-state index is 12.8. The zero-order valence-corrected chi connectivity index (χ0v) is 16.2. The van der Waals surface area contributed by atoms with Crippen LogP contribution in [0.25, 0.3) is 10.6 Å². The number of carbonyl (C=O) groups excluding carboxylic acids is 2. The fourth-order valence-electron chi connectivity index (χ4n) is 3.17. The van der Waals surface area contributed by atoms with Gasteiger partial charge in [0.1, 0.15) is 16.1 Å². The van der Waals surface area contributed by atoms with Crippen molar-refractivity contribution in [3.8, 4) is 10.6 Å². The highest BCUT2D eigenvalue weighted by Crippen LogP contribution is 2.26. The number of carbonyl (C=O) groups is 2. The lowest BCUT2D eigenvalue weighted by atomic mass is 9.99. The zero-order valence-electron chi connectivity index (χ0n) is 15.4. The van der Waals surface area contributed by atoms with Gasteiger partial charge in [-0.25, -0.2) is 0 Å². The maximum absolute atomic E-state index is 12.8. The van der Waals surface area contributed by atoms with Crippen molar-refractivity contribution in [3.05, 3.63) is 29.3 Å². The molecule has 6 nitrogen and oxygen atoms in total. The number of amides is 2. The zero-order chi connectivity index (χ0) is 18.7. The number of piperidine rings is 1. The van der Waals surface area contributed by atoms with Crippen LogP contribution >= 0.6 is 11.3 Å². The highest BCUT2D eigenvalue weighted by Gasteiger charge is 2.33. The van der Waals surface area contributed by atoms with E-state index in [-0.39, 0.29) is 17.7 Å². The van der Waals surface area contributed by atoms with E-state index in [4.69, 9.17) is 0 Å². The van der Waals surface area contributed by atoms with Crippen LogP contribution in [-0.4, -0.2) is 39.5 Å². The van der Waals surface area contributed by atoms with Crippen molar-refractivity contribution in [3.63, 3.8) is 0 Å². The molecule has 1 atom stereocenters. The van der Waals surface area contributed by atoms with E-state index in [2.05, 4.69) is 15.5 Å². The Kier molecular flexibility index (Phi) is 5.66. The van der Waals surface area contributed by atoms with Crippen molar-refractivity contribution in [1.82, 2.24) is 15.1 Å². The monoisotopic (exact) mass is 372 g/mol.